The van der Waals surface area contributed by atoms with Gasteiger partial charge in [0.2, 0.25) is 0 Å². The van der Waals surface area contributed by atoms with Gasteiger partial charge in [-0.25, -0.2) is 4.79 Å². The van der Waals surface area contributed by atoms with Gasteiger partial charge in [0.15, 0.2) is 5.69 Å². The number of aromatic nitrogens is 1. The molecule has 0 spiro atoms. The lowest BCUT2D eigenvalue weighted by Gasteiger charge is -2.20. The molecule has 1 unspecified atom stereocenters. The summed E-state index contributed by atoms with van der Waals surface area (Å²) in [5.41, 5.74) is 1.22. The molecular weight excluding hydrogens is 414 g/mol. The van der Waals surface area contributed by atoms with Gasteiger partial charge in [-0.3, -0.25) is 9.59 Å². The predicted octanol–water partition coefficient (Wildman–Crippen LogP) is 3.10. The second kappa shape index (κ2) is 9.69. The number of rotatable bonds is 7. The highest BCUT2D eigenvalue weighted by molar-refractivity contribution is 5.91. The number of anilines is 1. The zero-order valence-electron chi connectivity index (χ0n) is 17.5. The number of carboxylic acid groups (broad SMARTS) is 1. The quantitative estimate of drug-likeness (QED) is 0.449. The molecule has 0 saturated heterocycles. The first-order valence-corrected chi connectivity index (χ1v) is 9.71. The van der Waals surface area contributed by atoms with Crippen LogP contribution in [0.15, 0.2) is 65.6 Å². The van der Waals surface area contributed by atoms with E-state index in [2.05, 4.69) is 10.6 Å². The van der Waals surface area contributed by atoms with Crippen LogP contribution < -0.4 is 20.9 Å². The number of aliphatic carboxylic acids is 1. The Hall–Kier alpha value is -4.27. The lowest BCUT2D eigenvalue weighted by Crippen LogP contribution is -2.36. The van der Waals surface area contributed by atoms with Crippen LogP contribution in [0.2, 0.25) is 0 Å². The molecule has 0 fully saturated rings. The third-order valence-electron chi connectivity index (χ3n) is 4.88. The van der Waals surface area contributed by atoms with Gasteiger partial charge < -0.3 is 30.2 Å². The van der Waals surface area contributed by atoms with Gasteiger partial charge in [-0.05, 0) is 29.3 Å². The molecule has 0 aliphatic carbocycles. The average molecular weight is 437 g/mol. The largest absolute Gasteiger partial charge is 0.505 e. The number of methoxy groups -OCH3 is 1. The summed E-state index contributed by atoms with van der Waals surface area (Å²) in [6, 6.07) is 14.0. The lowest BCUT2D eigenvalue weighted by molar-refractivity contribution is -0.137. The topological polar surface area (TPSA) is 130 Å². The number of pyridine rings is 1. The summed E-state index contributed by atoms with van der Waals surface area (Å²) in [5.74, 6) is -0.920. The minimum atomic E-state index is -1.12. The van der Waals surface area contributed by atoms with Crippen molar-refractivity contribution in [3.05, 3.63) is 76.7 Å². The van der Waals surface area contributed by atoms with Crippen LogP contribution in [0.4, 0.5) is 10.5 Å². The number of benzene rings is 2. The van der Waals surface area contributed by atoms with Crippen molar-refractivity contribution in [2.45, 2.75) is 12.5 Å². The number of carbonyl (C=O) groups is 2. The van der Waals surface area contributed by atoms with Gasteiger partial charge in [-0.15, -0.1) is 0 Å². The molecule has 0 radical (unpaired) electrons. The summed E-state index contributed by atoms with van der Waals surface area (Å²) in [4.78, 5) is 36.2. The maximum Gasteiger partial charge on any atom is 0.319 e. The van der Waals surface area contributed by atoms with Crippen LogP contribution >= 0.6 is 0 Å². The number of hydrogen-bond acceptors (Lipinski definition) is 5. The summed E-state index contributed by atoms with van der Waals surface area (Å²) in [6.07, 6.45) is 0.962. The van der Waals surface area contributed by atoms with Gasteiger partial charge in [0.05, 0.1) is 19.6 Å². The van der Waals surface area contributed by atoms with Crippen LogP contribution in [0, 0.1) is 0 Å². The smallest absolute Gasteiger partial charge is 0.319 e. The van der Waals surface area contributed by atoms with E-state index in [9.17, 15) is 24.6 Å². The van der Waals surface area contributed by atoms with Gasteiger partial charge in [0, 0.05) is 18.8 Å². The van der Waals surface area contributed by atoms with Gasteiger partial charge in [-0.1, -0.05) is 36.4 Å². The maximum absolute atomic E-state index is 12.6. The fraction of sp³-hybridized carbons (Fsp3) is 0.174. The number of carbonyl (C=O) groups excluding carboxylic acids is 1. The van der Waals surface area contributed by atoms with Gasteiger partial charge in [0.1, 0.15) is 11.5 Å². The molecule has 32 heavy (non-hydrogen) atoms. The number of nitrogens with zero attached hydrogens (tertiary/aromatic N) is 1. The van der Waals surface area contributed by atoms with E-state index >= 15 is 0 Å². The summed E-state index contributed by atoms with van der Waals surface area (Å²) in [7, 11) is 3.01. The summed E-state index contributed by atoms with van der Waals surface area (Å²) in [6.45, 7) is 0. The number of aromatic hydroxyl groups is 1. The molecule has 2 amide bonds. The SMILES string of the molecule is COc1ccc(C(CC(=O)O)NC(=O)Nc2c(O)ccn(C)c2=O)cc1-c1ccccc1. The second-order valence-electron chi connectivity index (χ2n) is 7.07. The first kappa shape index (κ1) is 22.4. The summed E-state index contributed by atoms with van der Waals surface area (Å²) >= 11 is 0. The van der Waals surface area contributed by atoms with E-state index in [1.807, 2.05) is 30.3 Å². The molecule has 9 heteroatoms. The van der Waals surface area contributed by atoms with Crippen LogP contribution in [-0.4, -0.2) is 33.9 Å². The van der Waals surface area contributed by atoms with Crippen molar-refractivity contribution in [1.82, 2.24) is 9.88 Å². The number of aryl methyl sites for hydroxylation is 1. The third kappa shape index (κ3) is 5.07. The maximum atomic E-state index is 12.6. The van der Waals surface area contributed by atoms with E-state index in [4.69, 9.17) is 4.74 Å². The standard InChI is InChI=1S/C23H23N3O6/c1-26-11-10-18(27)21(22(26)30)25-23(31)24-17(13-20(28)29)15-8-9-19(32-2)16(12-15)14-6-4-3-5-7-14/h3-12,17,27H,13H2,1-2H3,(H,28,29)(H2,24,25,31). The molecule has 0 aliphatic heterocycles. The first-order chi connectivity index (χ1) is 15.3. The fourth-order valence-corrected chi connectivity index (χ4v) is 3.26. The fourth-order valence-electron chi connectivity index (χ4n) is 3.26. The van der Waals surface area contributed by atoms with Crippen molar-refractivity contribution in [2.24, 2.45) is 7.05 Å². The highest BCUT2D eigenvalue weighted by atomic mass is 16.5. The van der Waals surface area contributed by atoms with E-state index in [-0.39, 0.29) is 5.69 Å². The molecule has 4 N–H and O–H groups in total. The van der Waals surface area contributed by atoms with Crippen LogP contribution in [0.1, 0.15) is 18.0 Å². The van der Waals surface area contributed by atoms with E-state index in [0.717, 1.165) is 11.1 Å². The van der Waals surface area contributed by atoms with Gasteiger partial charge in [-0.2, -0.15) is 0 Å². The van der Waals surface area contributed by atoms with Crippen molar-refractivity contribution in [3.63, 3.8) is 0 Å². The second-order valence-corrected chi connectivity index (χ2v) is 7.07. The number of amides is 2. The highest BCUT2D eigenvalue weighted by Crippen LogP contribution is 2.33. The molecule has 166 valence electrons. The van der Waals surface area contributed by atoms with Crippen LogP contribution in [0.25, 0.3) is 11.1 Å². The average Bonchev–Trinajstić information content (AvgIpc) is 2.78. The summed E-state index contributed by atoms with van der Waals surface area (Å²) in [5, 5.41) is 24.2. The number of nitrogens with one attached hydrogen (secondary N) is 2. The van der Waals surface area contributed by atoms with E-state index in [1.54, 1.807) is 18.2 Å². The zero-order chi connectivity index (χ0) is 23.3. The highest BCUT2D eigenvalue weighted by Gasteiger charge is 2.21. The molecule has 1 heterocycles. The number of ether oxygens (including phenoxy) is 1. The molecule has 1 atom stereocenters. The Kier molecular flexibility index (Phi) is 6.79. The van der Waals surface area contributed by atoms with E-state index in [0.29, 0.717) is 11.3 Å². The van der Waals surface area contributed by atoms with Crippen LogP contribution in [0.3, 0.4) is 0 Å². The molecule has 9 nitrogen and oxygen atoms in total. The van der Waals surface area contributed by atoms with Crippen molar-refractivity contribution in [1.29, 1.82) is 0 Å². The van der Waals surface area contributed by atoms with Crippen molar-refractivity contribution in [2.75, 3.05) is 12.4 Å². The molecule has 1 aromatic heterocycles. The molecular formula is C23H23N3O6. The number of carboxylic acids is 1. The number of hydrogen-bond donors (Lipinski definition) is 4. The Morgan fingerprint density at radius 3 is 2.50 bits per heavy atom. The minimum Gasteiger partial charge on any atom is -0.505 e. The van der Waals surface area contributed by atoms with Crippen molar-refractivity contribution in [3.8, 4) is 22.6 Å². The van der Waals surface area contributed by atoms with Crippen LogP contribution in [0.5, 0.6) is 11.5 Å². The Balaban J connectivity index is 1.92. The van der Waals surface area contributed by atoms with E-state index < -0.39 is 35.8 Å². The molecule has 0 saturated carbocycles. The van der Waals surface area contributed by atoms with Crippen molar-refractivity contribution < 1.29 is 24.5 Å². The monoisotopic (exact) mass is 437 g/mol. The van der Waals surface area contributed by atoms with Gasteiger partial charge >= 0.3 is 12.0 Å². The first-order valence-electron chi connectivity index (χ1n) is 9.71. The van der Waals surface area contributed by atoms with E-state index in [1.165, 1.54) is 31.0 Å². The Labute approximate surface area is 183 Å². The molecule has 3 rings (SSSR count). The number of urea groups is 1. The molecule has 2 aromatic carbocycles. The molecule has 0 aliphatic rings. The third-order valence-corrected chi connectivity index (χ3v) is 4.88. The predicted molar refractivity (Wildman–Crippen MR) is 119 cm³/mol. The van der Waals surface area contributed by atoms with Gasteiger partial charge in [0.25, 0.3) is 5.56 Å². The Morgan fingerprint density at radius 2 is 1.84 bits per heavy atom. The Morgan fingerprint density at radius 1 is 1.12 bits per heavy atom. The van der Waals surface area contributed by atoms with Crippen LogP contribution in [-0.2, 0) is 11.8 Å². The zero-order valence-corrected chi connectivity index (χ0v) is 17.5. The molecule has 0 bridgehead atoms. The Bertz CT molecular complexity index is 1190. The summed E-state index contributed by atoms with van der Waals surface area (Å²) < 4.78 is 6.63. The lowest BCUT2D eigenvalue weighted by atomic mass is 9.97. The van der Waals surface area contributed by atoms with Crippen molar-refractivity contribution >= 4 is 17.7 Å². The normalized spacial score (nSPS) is 11.4. The minimum absolute atomic E-state index is 0.304. The molecule has 3 aromatic rings.